The first-order valence-electron chi connectivity index (χ1n) is 13.7. The fourth-order valence-electron chi connectivity index (χ4n) is 4.73. The molecule has 0 amide bonds. The minimum atomic E-state index is -0.436. The average molecular weight is 547 g/mol. The number of aromatic hydroxyl groups is 3. The van der Waals surface area contributed by atoms with E-state index in [0.717, 1.165) is 29.6 Å². The van der Waals surface area contributed by atoms with E-state index in [0.29, 0.717) is 24.0 Å². The summed E-state index contributed by atoms with van der Waals surface area (Å²) in [5, 5.41) is 33.5. The summed E-state index contributed by atoms with van der Waals surface area (Å²) in [7, 11) is 1.47. The lowest BCUT2D eigenvalue weighted by molar-refractivity contribution is 0.368. The third kappa shape index (κ3) is 6.61. The van der Waals surface area contributed by atoms with Crippen LogP contribution in [0.25, 0.3) is 21.9 Å². The van der Waals surface area contributed by atoms with E-state index < -0.39 is 5.43 Å². The molecule has 2 aromatic carbocycles. The number of allylic oxidation sites excluding steroid dienone is 8. The van der Waals surface area contributed by atoms with Gasteiger partial charge in [-0.3, -0.25) is 4.79 Å². The van der Waals surface area contributed by atoms with Crippen molar-refractivity contribution in [3.63, 3.8) is 0 Å². The van der Waals surface area contributed by atoms with Crippen LogP contribution in [0.1, 0.15) is 78.0 Å². The second-order valence-electron chi connectivity index (χ2n) is 11.1. The third-order valence-corrected chi connectivity index (χ3v) is 6.97. The molecule has 1 aromatic heterocycles. The number of benzene rings is 2. The summed E-state index contributed by atoms with van der Waals surface area (Å²) in [5.74, 6) is -0.342. The molecule has 3 aromatic rings. The molecule has 0 aliphatic rings. The highest BCUT2D eigenvalue weighted by Crippen LogP contribution is 2.44. The first-order chi connectivity index (χ1) is 18.9. The Balaban J connectivity index is 2.40. The van der Waals surface area contributed by atoms with Gasteiger partial charge in [0.25, 0.3) is 0 Å². The number of phenolic OH excluding ortho intramolecular Hbond substituents is 3. The summed E-state index contributed by atoms with van der Waals surface area (Å²) in [4.78, 5) is 14.2. The quantitative estimate of drug-likeness (QED) is 0.175. The van der Waals surface area contributed by atoms with E-state index in [9.17, 15) is 20.1 Å². The van der Waals surface area contributed by atoms with Crippen LogP contribution < -0.4 is 10.2 Å². The molecule has 0 radical (unpaired) electrons. The van der Waals surface area contributed by atoms with Crippen LogP contribution in [0.5, 0.6) is 23.0 Å². The largest absolute Gasteiger partial charge is 0.507 e. The Hall–Kier alpha value is -3.93. The number of fused-ring (bicyclic) bond motifs is 2. The summed E-state index contributed by atoms with van der Waals surface area (Å²) in [6.07, 6.45) is 10.7. The molecule has 0 bridgehead atoms. The van der Waals surface area contributed by atoms with Crippen molar-refractivity contribution in [2.24, 2.45) is 0 Å². The van der Waals surface area contributed by atoms with Gasteiger partial charge >= 0.3 is 0 Å². The Morgan fingerprint density at radius 3 is 1.93 bits per heavy atom. The van der Waals surface area contributed by atoms with Gasteiger partial charge in [-0.15, -0.1) is 0 Å². The topological polar surface area (TPSA) is 100 Å². The summed E-state index contributed by atoms with van der Waals surface area (Å²) >= 11 is 0. The van der Waals surface area contributed by atoms with Crippen molar-refractivity contribution in [2.75, 3.05) is 7.11 Å². The minimum Gasteiger partial charge on any atom is -0.507 e. The Morgan fingerprint density at radius 2 is 1.35 bits per heavy atom. The second-order valence-corrected chi connectivity index (χ2v) is 11.1. The molecule has 0 saturated heterocycles. The Labute approximate surface area is 236 Å². The number of ether oxygens (including phenoxy) is 1. The number of phenols is 3. The standard InChI is InChI=1S/C34H42O6/c1-19(2)10-9-11-22(7)14-17-24-28-32(38)29-27(18-26(35)23(30(29)36)15-12-20(3)4)40-33(28)25(16-13-21(5)6)31(37)34(24)39-8/h10,12-14,18,35-37H,9,11,15-17H2,1-8H3/b22-14+. The van der Waals surface area contributed by atoms with Crippen molar-refractivity contribution in [3.8, 4) is 23.0 Å². The highest BCUT2D eigenvalue weighted by atomic mass is 16.5. The highest BCUT2D eigenvalue weighted by Gasteiger charge is 2.26. The van der Waals surface area contributed by atoms with E-state index in [1.165, 1.54) is 18.7 Å². The lowest BCUT2D eigenvalue weighted by Gasteiger charge is -2.18. The molecule has 0 unspecified atom stereocenters. The van der Waals surface area contributed by atoms with E-state index in [4.69, 9.17) is 9.15 Å². The zero-order chi connectivity index (χ0) is 29.7. The van der Waals surface area contributed by atoms with Gasteiger partial charge in [0.1, 0.15) is 28.1 Å². The van der Waals surface area contributed by atoms with Crippen molar-refractivity contribution < 1.29 is 24.5 Å². The van der Waals surface area contributed by atoms with Gasteiger partial charge in [0, 0.05) is 22.8 Å². The predicted octanol–water partition coefficient (Wildman–Crippen LogP) is 8.32. The molecule has 6 nitrogen and oxygen atoms in total. The molecular weight excluding hydrogens is 504 g/mol. The summed E-state index contributed by atoms with van der Waals surface area (Å²) < 4.78 is 11.9. The molecule has 40 heavy (non-hydrogen) atoms. The zero-order valence-corrected chi connectivity index (χ0v) is 25.0. The number of hydrogen-bond acceptors (Lipinski definition) is 6. The van der Waals surface area contributed by atoms with Crippen molar-refractivity contribution >= 4 is 21.9 Å². The maximum Gasteiger partial charge on any atom is 0.204 e. The van der Waals surface area contributed by atoms with Crippen molar-refractivity contribution in [3.05, 3.63) is 79.6 Å². The third-order valence-electron chi connectivity index (χ3n) is 6.97. The van der Waals surface area contributed by atoms with Crippen LogP contribution in [0.2, 0.25) is 0 Å². The zero-order valence-electron chi connectivity index (χ0n) is 25.0. The van der Waals surface area contributed by atoms with Gasteiger partial charge in [0.2, 0.25) is 5.43 Å². The summed E-state index contributed by atoms with van der Waals surface area (Å²) in [6, 6.07) is 1.36. The Bertz CT molecular complexity index is 1600. The molecule has 3 N–H and O–H groups in total. The van der Waals surface area contributed by atoms with E-state index >= 15 is 0 Å². The first kappa shape index (κ1) is 30.6. The van der Waals surface area contributed by atoms with Crippen molar-refractivity contribution in [2.45, 2.75) is 80.6 Å². The van der Waals surface area contributed by atoms with Crippen LogP contribution in [-0.4, -0.2) is 22.4 Å². The number of rotatable bonds is 10. The molecule has 0 spiro atoms. The highest BCUT2D eigenvalue weighted by molar-refractivity contribution is 5.99. The number of hydrogen-bond donors (Lipinski definition) is 3. The molecule has 0 saturated carbocycles. The molecule has 0 atom stereocenters. The maximum absolute atomic E-state index is 14.2. The normalized spacial score (nSPS) is 11.6. The van der Waals surface area contributed by atoms with E-state index in [-0.39, 0.29) is 56.9 Å². The Kier molecular flexibility index (Phi) is 9.91. The van der Waals surface area contributed by atoms with Gasteiger partial charge in [0.05, 0.1) is 12.5 Å². The fraction of sp³-hybridized carbons (Fsp3) is 0.382. The molecule has 3 rings (SSSR count). The molecule has 214 valence electrons. The van der Waals surface area contributed by atoms with E-state index in [1.807, 2.05) is 52.8 Å². The smallest absolute Gasteiger partial charge is 0.204 e. The summed E-state index contributed by atoms with van der Waals surface area (Å²) in [6.45, 7) is 13.9. The Morgan fingerprint density at radius 1 is 0.775 bits per heavy atom. The first-order valence-corrected chi connectivity index (χ1v) is 13.7. The van der Waals surface area contributed by atoms with Crippen LogP contribution in [-0.2, 0) is 19.3 Å². The number of methoxy groups -OCH3 is 1. The summed E-state index contributed by atoms with van der Waals surface area (Å²) in [5.41, 5.74) is 5.45. The van der Waals surface area contributed by atoms with Gasteiger partial charge in [0.15, 0.2) is 11.5 Å². The lowest BCUT2D eigenvalue weighted by atomic mass is 9.94. The van der Waals surface area contributed by atoms with Gasteiger partial charge < -0.3 is 24.5 Å². The molecule has 0 fully saturated rings. The van der Waals surface area contributed by atoms with Crippen molar-refractivity contribution in [1.82, 2.24) is 0 Å². The van der Waals surface area contributed by atoms with Crippen LogP contribution in [0.4, 0.5) is 0 Å². The van der Waals surface area contributed by atoms with Crippen molar-refractivity contribution in [1.29, 1.82) is 0 Å². The molecule has 0 aliphatic carbocycles. The maximum atomic E-state index is 14.2. The molecule has 0 aliphatic heterocycles. The van der Waals surface area contributed by atoms with E-state index in [2.05, 4.69) is 19.9 Å². The second kappa shape index (κ2) is 12.9. The van der Waals surface area contributed by atoms with E-state index in [1.54, 1.807) is 0 Å². The molecule has 6 heteroatoms. The van der Waals surface area contributed by atoms with Gasteiger partial charge in [-0.1, -0.05) is 46.6 Å². The monoisotopic (exact) mass is 546 g/mol. The van der Waals surface area contributed by atoms with Crippen LogP contribution in [0.3, 0.4) is 0 Å². The van der Waals surface area contributed by atoms with Gasteiger partial charge in [-0.25, -0.2) is 0 Å². The van der Waals surface area contributed by atoms with Crippen LogP contribution >= 0.6 is 0 Å². The van der Waals surface area contributed by atoms with Gasteiger partial charge in [-0.05, 0) is 80.6 Å². The van der Waals surface area contributed by atoms with Crippen LogP contribution in [0.15, 0.2) is 61.9 Å². The van der Waals surface area contributed by atoms with Crippen LogP contribution in [0, 0.1) is 0 Å². The predicted molar refractivity (Wildman–Crippen MR) is 164 cm³/mol. The SMILES string of the molecule is COc1c(O)c(CC=C(C)C)c2oc3cc(O)c(CC=C(C)C)c(O)c3c(=O)c2c1C/C=C(\C)CCC=C(C)C. The fourth-order valence-corrected chi connectivity index (χ4v) is 4.73. The molecular formula is C34H42O6. The van der Waals surface area contributed by atoms with Gasteiger partial charge in [-0.2, -0.15) is 0 Å². The minimum absolute atomic E-state index is 0.00567. The average Bonchev–Trinajstić information content (AvgIpc) is 2.85. The molecule has 1 heterocycles. The lowest BCUT2D eigenvalue weighted by Crippen LogP contribution is -2.10.